The molecule has 0 saturated heterocycles. The summed E-state index contributed by atoms with van der Waals surface area (Å²) in [4.78, 5) is 33.5. The number of carbonyl (C=O) groups is 2. The smallest absolute Gasteiger partial charge is 0.291 e. The van der Waals surface area contributed by atoms with Crippen molar-refractivity contribution in [1.82, 2.24) is 0 Å². The molecule has 1 N–H and O–H groups in total. The molecule has 1 aromatic heterocycles. The predicted molar refractivity (Wildman–Crippen MR) is 97.3 cm³/mol. The molecule has 26 heavy (non-hydrogen) atoms. The normalized spacial score (nSPS) is 15.6. The zero-order valence-corrected chi connectivity index (χ0v) is 14.9. The first-order valence-corrected chi connectivity index (χ1v) is 8.61. The first-order chi connectivity index (χ1) is 12.6. The van der Waals surface area contributed by atoms with Gasteiger partial charge in [0.05, 0.1) is 17.0 Å². The second-order valence-electron chi connectivity index (χ2n) is 5.63. The van der Waals surface area contributed by atoms with Crippen LogP contribution in [0.3, 0.4) is 0 Å². The van der Waals surface area contributed by atoms with Crippen LogP contribution in [0.2, 0.25) is 0 Å². The van der Waals surface area contributed by atoms with Crippen LogP contribution < -0.4 is 16.0 Å². The van der Waals surface area contributed by atoms with Gasteiger partial charge in [-0.05, 0) is 42.5 Å². The fraction of sp³-hybridized carbons (Fsp3) is 0.0526. The minimum atomic E-state index is -0.825. The Morgan fingerprint density at radius 2 is 1.88 bits per heavy atom. The second-order valence-corrected chi connectivity index (χ2v) is 6.55. The minimum absolute atomic E-state index is 0.181. The number of anilines is 1. The van der Waals surface area contributed by atoms with E-state index in [0.717, 1.165) is 4.47 Å². The Hall–Kier alpha value is -3.06. The molecule has 0 saturated carbocycles. The SMILES string of the molecule is O=C(Nc1ccc(Br)cc1C1N=c2ccccc2=NC1=O)c1ccco1. The molecule has 128 valence electrons. The third-order valence-electron chi connectivity index (χ3n) is 3.92. The molecule has 0 aliphatic carbocycles. The molecule has 2 aromatic carbocycles. The van der Waals surface area contributed by atoms with Crippen LogP contribution in [0.25, 0.3) is 0 Å². The van der Waals surface area contributed by atoms with Crippen LogP contribution >= 0.6 is 15.9 Å². The van der Waals surface area contributed by atoms with E-state index < -0.39 is 11.9 Å². The first-order valence-electron chi connectivity index (χ1n) is 7.81. The van der Waals surface area contributed by atoms with Crippen molar-refractivity contribution in [3.05, 3.63) is 87.4 Å². The third-order valence-corrected chi connectivity index (χ3v) is 4.41. The van der Waals surface area contributed by atoms with Crippen LogP contribution in [0.5, 0.6) is 0 Å². The number of carbonyl (C=O) groups excluding carboxylic acids is 2. The van der Waals surface area contributed by atoms with E-state index in [4.69, 9.17) is 4.42 Å². The second kappa shape index (κ2) is 6.68. The van der Waals surface area contributed by atoms with Crippen molar-refractivity contribution in [3.8, 4) is 0 Å². The third kappa shape index (κ3) is 3.09. The van der Waals surface area contributed by atoms with E-state index >= 15 is 0 Å². The minimum Gasteiger partial charge on any atom is -0.459 e. The summed E-state index contributed by atoms with van der Waals surface area (Å²) in [5, 5.41) is 3.96. The summed E-state index contributed by atoms with van der Waals surface area (Å²) in [6.07, 6.45) is 1.42. The van der Waals surface area contributed by atoms with Crippen molar-refractivity contribution in [3.63, 3.8) is 0 Å². The Balaban J connectivity index is 1.77. The molecule has 0 spiro atoms. The van der Waals surface area contributed by atoms with Gasteiger partial charge in [-0.25, -0.2) is 4.99 Å². The Labute approximate surface area is 156 Å². The molecular weight excluding hydrogens is 398 g/mol. The average molecular weight is 410 g/mol. The number of nitrogens with one attached hydrogen (secondary N) is 1. The van der Waals surface area contributed by atoms with E-state index in [9.17, 15) is 9.59 Å². The van der Waals surface area contributed by atoms with Crippen molar-refractivity contribution in [1.29, 1.82) is 0 Å². The Kier molecular flexibility index (Phi) is 4.22. The number of amides is 2. The zero-order valence-electron chi connectivity index (χ0n) is 13.3. The molecule has 4 rings (SSSR count). The number of fused-ring (bicyclic) bond motifs is 1. The van der Waals surface area contributed by atoms with E-state index in [2.05, 4.69) is 31.2 Å². The summed E-state index contributed by atoms with van der Waals surface area (Å²) in [5.41, 5.74) is 1.04. The van der Waals surface area contributed by atoms with Gasteiger partial charge in [0.2, 0.25) is 0 Å². The van der Waals surface area contributed by atoms with E-state index in [-0.39, 0.29) is 11.7 Å². The number of benzene rings is 2. The summed E-state index contributed by atoms with van der Waals surface area (Å²) in [5.74, 6) is -0.602. The van der Waals surface area contributed by atoms with Gasteiger partial charge >= 0.3 is 0 Å². The monoisotopic (exact) mass is 409 g/mol. The number of hydrogen-bond donors (Lipinski definition) is 1. The van der Waals surface area contributed by atoms with E-state index in [0.29, 0.717) is 22.0 Å². The van der Waals surface area contributed by atoms with Crippen molar-refractivity contribution in [2.75, 3.05) is 5.32 Å². The van der Waals surface area contributed by atoms with Crippen LogP contribution in [-0.4, -0.2) is 11.8 Å². The fourth-order valence-electron chi connectivity index (χ4n) is 2.71. The average Bonchev–Trinajstić information content (AvgIpc) is 3.17. The number of hydrogen-bond acceptors (Lipinski definition) is 4. The Bertz CT molecular complexity index is 1120. The largest absolute Gasteiger partial charge is 0.459 e. The van der Waals surface area contributed by atoms with Crippen LogP contribution in [0.1, 0.15) is 22.2 Å². The first kappa shape index (κ1) is 16.4. The maximum absolute atomic E-state index is 12.5. The van der Waals surface area contributed by atoms with Crippen molar-refractivity contribution < 1.29 is 14.0 Å². The highest BCUT2D eigenvalue weighted by molar-refractivity contribution is 9.10. The zero-order chi connectivity index (χ0) is 18.1. The lowest BCUT2D eigenvalue weighted by Gasteiger charge is -2.17. The molecule has 2 amide bonds. The van der Waals surface area contributed by atoms with Gasteiger partial charge in [0.25, 0.3) is 11.8 Å². The number of rotatable bonds is 3. The summed E-state index contributed by atoms with van der Waals surface area (Å²) in [6.45, 7) is 0. The molecule has 0 radical (unpaired) electrons. The van der Waals surface area contributed by atoms with Gasteiger partial charge in [-0.2, -0.15) is 0 Å². The van der Waals surface area contributed by atoms with Gasteiger partial charge < -0.3 is 9.73 Å². The van der Waals surface area contributed by atoms with Crippen molar-refractivity contribution in [2.45, 2.75) is 6.04 Å². The molecule has 6 nitrogen and oxygen atoms in total. The lowest BCUT2D eigenvalue weighted by atomic mass is 10.0. The number of halogens is 1. The van der Waals surface area contributed by atoms with Crippen LogP contribution in [0, 0.1) is 0 Å². The highest BCUT2D eigenvalue weighted by Crippen LogP contribution is 2.30. The molecule has 7 heteroatoms. The van der Waals surface area contributed by atoms with E-state index in [1.165, 1.54) is 6.26 Å². The van der Waals surface area contributed by atoms with Gasteiger partial charge in [0.15, 0.2) is 11.8 Å². The molecular formula is C19H12BrN3O3. The van der Waals surface area contributed by atoms with Crippen molar-refractivity contribution in [2.24, 2.45) is 9.98 Å². The van der Waals surface area contributed by atoms with E-state index in [1.807, 2.05) is 6.07 Å². The van der Waals surface area contributed by atoms with Crippen molar-refractivity contribution >= 4 is 33.4 Å². The summed E-state index contributed by atoms with van der Waals surface area (Å²) < 4.78 is 5.88. The summed E-state index contributed by atoms with van der Waals surface area (Å²) in [7, 11) is 0. The Morgan fingerprint density at radius 1 is 1.08 bits per heavy atom. The number of nitrogens with zero attached hydrogens (tertiary/aromatic N) is 2. The highest BCUT2D eigenvalue weighted by atomic mass is 79.9. The highest BCUT2D eigenvalue weighted by Gasteiger charge is 2.25. The fourth-order valence-corrected chi connectivity index (χ4v) is 3.09. The van der Waals surface area contributed by atoms with Crippen LogP contribution in [-0.2, 0) is 4.79 Å². The topological polar surface area (TPSA) is 84.0 Å². The van der Waals surface area contributed by atoms with Gasteiger partial charge in [-0.1, -0.05) is 28.1 Å². The molecule has 3 aromatic rings. The van der Waals surface area contributed by atoms with Gasteiger partial charge in [-0.15, -0.1) is 0 Å². The molecule has 0 bridgehead atoms. The van der Waals surface area contributed by atoms with Gasteiger partial charge in [0, 0.05) is 15.7 Å². The standard InChI is InChI=1S/C19H12BrN3O3/c20-11-7-8-13(22-18(24)16-6-3-9-26-16)12(10-11)17-19(25)23-15-5-2-1-4-14(15)21-17/h1-10,17H,(H,22,24). The lowest BCUT2D eigenvalue weighted by molar-refractivity contribution is -0.119. The molecule has 0 fully saturated rings. The molecule has 2 heterocycles. The Morgan fingerprint density at radius 3 is 2.65 bits per heavy atom. The molecule has 1 atom stereocenters. The maximum atomic E-state index is 12.5. The quantitative estimate of drug-likeness (QED) is 0.721. The molecule has 1 aliphatic heterocycles. The van der Waals surface area contributed by atoms with Crippen LogP contribution in [0.15, 0.2) is 79.7 Å². The summed E-state index contributed by atoms with van der Waals surface area (Å²) in [6, 6.07) is 14.8. The lowest BCUT2D eigenvalue weighted by Crippen LogP contribution is -2.33. The summed E-state index contributed by atoms with van der Waals surface area (Å²) >= 11 is 3.40. The number of furan rings is 1. The number of para-hydroxylation sites is 2. The predicted octanol–water partition coefficient (Wildman–Crippen LogP) is 2.82. The maximum Gasteiger partial charge on any atom is 0.291 e. The van der Waals surface area contributed by atoms with Gasteiger partial charge in [0.1, 0.15) is 0 Å². The van der Waals surface area contributed by atoms with E-state index in [1.54, 1.807) is 48.5 Å². The van der Waals surface area contributed by atoms with Crippen LogP contribution in [0.4, 0.5) is 5.69 Å². The van der Waals surface area contributed by atoms with Gasteiger partial charge in [-0.3, -0.25) is 14.6 Å². The molecule has 1 aliphatic rings. The molecule has 1 unspecified atom stereocenters.